The van der Waals surface area contributed by atoms with Crippen LogP contribution in [0.5, 0.6) is 0 Å². The number of hydrogen-bond donors (Lipinski definition) is 0. The van der Waals surface area contributed by atoms with E-state index in [0.717, 1.165) is 84.4 Å². The summed E-state index contributed by atoms with van der Waals surface area (Å²) in [5.74, 6) is 3.85. The molecule has 0 aliphatic carbocycles. The van der Waals surface area contributed by atoms with Gasteiger partial charge in [0.1, 0.15) is 0 Å². The molecule has 0 saturated heterocycles. The SMILES string of the molecule is ClCCN(CCCl)c1ccc(/C=C\c2cc(/C=C/c3ccc(N(CCCl)CCCl)cc3)nc(/C=C/c3ccc(N(CCCl)CCCl)cc3)n2)cc1. The first-order valence-corrected chi connectivity index (χ1v) is 20.0. The topological polar surface area (TPSA) is 35.5 Å². The molecule has 0 bridgehead atoms. The molecule has 270 valence electrons. The Hall–Kier alpha value is -2.90. The second kappa shape index (κ2) is 22.9. The minimum atomic E-state index is 0.539. The summed E-state index contributed by atoms with van der Waals surface area (Å²) in [6.07, 6.45) is 12.1. The van der Waals surface area contributed by atoms with Crippen LogP contribution in [0, 0.1) is 0 Å². The van der Waals surface area contributed by atoms with Gasteiger partial charge in [-0.1, -0.05) is 54.6 Å². The van der Waals surface area contributed by atoms with Crippen molar-refractivity contribution in [3.63, 3.8) is 0 Å². The van der Waals surface area contributed by atoms with E-state index in [0.29, 0.717) is 41.1 Å². The first-order chi connectivity index (χ1) is 25.0. The quantitative estimate of drug-likeness (QED) is 0.0784. The molecule has 0 amide bonds. The highest BCUT2D eigenvalue weighted by atomic mass is 35.5. The smallest absolute Gasteiger partial charge is 0.153 e. The Morgan fingerprint density at radius 2 is 0.647 bits per heavy atom. The van der Waals surface area contributed by atoms with Gasteiger partial charge < -0.3 is 14.7 Å². The minimum Gasteiger partial charge on any atom is -0.369 e. The van der Waals surface area contributed by atoms with Crippen LogP contribution in [0.3, 0.4) is 0 Å². The molecule has 1 aromatic heterocycles. The van der Waals surface area contributed by atoms with Gasteiger partial charge in [-0.3, -0.25) is 0 Å². The van der Waals surface area contributed by atoms with Crippen LogP contribution < -0.4 is 14.7 Å². The molecule has 4 rings (SSSR count). The van der Waals surface area contributed by atoms with Crippen LogP contribution in [0.4, 0.5) is 17.1 Å². The number of rotatable bonds is 21. The zero-order valence-electron chi connectivity index (χ0n) is 28.5. The van der Waals surface area contributed by atoms with Gasteiger partial charge in [0.25, 0.3) is 0 Å². The van der Waals surface area contributed by atoms with E-state index in [4.69, 9.17) is 79.6 Å². The van der Waals surface area contributed by atoms with Crippen molar-refractivity contribution in [3.8, 4) is 0 Å². The summed E-state index contributed by atoms with van der Waals surface area (Å²) < 4.78 is 0. The Morgan fingerprint density at radius 3 is 0.922 bits per heavy atom. The van der Waals surface area contributed by atoms with E-state index in [-0.39, 0.29) is 0 Å². The highest BCUT2D eigenvalue weighted by Crippen LogP contribution is 2.21. The van der Waals surface area contributed by atoms with Crippen LogP contribution in [0.2, 0.25) is 0 Å². The Morgan fingerprint density at radius 1 is 0.373 bits per heavy atom. The Bertz CT molecular complexity index is 1450. The van der Waals surface area contributed by atoms with E-state index in [1.54, 1.807) is 0 Å². The van der Waals surface area contributed by atoms with Crippen LogP contribution in [0.15, 0.2) is 78.9 Å². The number of anilines is 3. The van der Waals surface area contributed by atoms with Gasteiger partial charge in [-0.25, -0.2) is 9.97 Å². The lowest BCUT2D eigenvalue weighted by molar-refractivity contribution is 0.874. The van der Waals surface area contributed by atoms with Gasteiger partial charge in [-0.2, -0.15) is 0 Å². The third-order valence-electron chi connectivity index (χ3n) is 8.00. The van der Waals surface area contributed by atoms with E-state index in [1.165, 1.54) is 0 Å². The maximum atomic E-state index is 6.01. The molecule has 4 aromatic rings. The Kier molecular flexibility index (Phi) is 18.4. The number of aromatic nitrogens is 2. The van der Waals surface area contributed by atoms with Gasteiger partial charge in [0.2, 0.25) is 0 Å². The molecule has 0 unspecified atom stereocenters. The number of benzene rings is 3. The molecule has 1 heterocycles. The zero-order valence-corrected chi connectivity index (χ0v) is 33.0. The highest BCUT2D eigenvalue weighted by Gasteiger charge is 2.08. The predicted octanol–water partition coefficient (Wildman–Crippen LogP) is 10.8. The molecular formula is C40H43Cl6N5. The largest absolute Gasteiger partial charge is 0.369 e. The molecule has 0 aliphatic rings. The summed E-state index contributed by atoms with van der Waals surface area (Å²) in [6, 6.07) is 27.0. The molecule has 0 aliphatic heterocycles. The molecule has 0 radical (unpaired) electrons. The summed E-state index contributed by atoms with van der Waals surface area (Å²) in [5.41, 5.74) is 7.99. The van der Waals surface area contributed by atoms with Crippen molar-refractivity contribution < 1.29 is 0 Å². The van der Waals surface area contributed by atoms with Crippen LogP contribution >= 0.6 is 69.6 Å². The predicted molar refractivity (Wildman–Crippen MR) is 229 cm³/mol. The summed E-state index contributed by atoms with van der Waals surface area (Å²) >= 11 is 36.1. The monoisotopic (exact) mass is 803 g/mol. The fourth-order valence-electron chi connectivity index (χ4n) is 5.40. The summed E-state index contributed by atoms with van der Waals surface area (Å²) in [6.45, 7) is 4.45. The van der Waals surface area contributed by atoms with Crippen molar-refractivity contribution in [2.24, 2.45) is 0 Å². The summed E-state index contributed by atoms with van der Waals surface area (Å²) in [7, 11) is 0. The number of halogens is 6. The lowest BCUT2D eigenvalue weighted by Gasteiger charge is -2.22. The molecule has 51 heavy (non-hydrogen) atoms. The second-order valence-corrected chi connectivity index (χ2v) is 13.7. The summed E-state index contributed by atoms with van der Waals surface area (Å²) in [5, 5.41) is 0. The van der Waals surface area contributed by atoms with Crippen LogP contribution in [0.25, 0.3) is 36.5 Å². The highest BCUT2D eigenvalue weighted by molar-refractivity contribution is 6.19. The molecule has 5 nitrogen and oxygen atoms in total. The lowest BCUT2D eigenvalue weighted by Crippen LogP contribution is -2.27. The van der Waals surface area contributed by atoms with Gasteiger partial charge >= 0.3 is 0 Å². The van der Waals surface area contributed by atoms with Crippen molar-refractivity contribution in [1.82, 2.24) is 9.97 Å². The first kappa shape index (κ1) is 40.9. The fourth-order valence-corrected chi connectivity index (χ4v) is 6.62. The zero-order chi connectivity index (χ0) is 36.3. The Labute approximate surface area is 333 Å². The lowest BCUT2D eigenvalue weighted by atomic mass is 10.1. The number of hydrogen-bond acceptors (Lipinski definition) is 5. The Balaban J connectivity index is 1.59. The third-order valence-corrected chi connectivity index (χ3v) is 9.02. The molecule has 0 fully saturated rings. The second-order valence-electron chi connectivity index (χ2n) is 11.4. The van der Waals surface area contributed by atoms with Gasteiger partial charge in [0.15, 0.2) is 5.82 Å². The molecule has 0 spiro atoms. The van der Waals surface area contributed by atoms with Gasteiger partial charge in [-0.15, -0.1) is 69.6 Å². The summed E-state index contributed by atoms with van der Waals surface area (Å²) in [4.78, 5) is 16.2. The van der Waals surface area contributed by atoms with E-state index in [1.807, 2.05) is 30.4 Å². The maximum absolute atomic E-state index is 6.01. The maximum Gasteiger partial charge on any atom is 0.153 e. The fraction of sp³-hybridized carbons (Fsp3) is 0.300. The van der Waals surface area contributed by atoms with E-state index in [2.05, 4.69) is 99.6 Å². The van der Waals surface area contributed by atoms with E-state index < -0.39 is 0 Å². The minimum absolute atomic E-state index is 0.539. The van der Waals surface area contributed by atoms with Crippen molar-refractivity contribution in [1.29, 1.82) is 0 Å². The molecule has 0 saturated carbocycles. The molecule has 0 atom stereocenters. The van der Waals surface area contributed by atoms with Gasteiger partial charge in [0.05, 0.1) is 11.4 Å². The van der Waals surface area contributed by atoms with Crippen LogP contribution in [-0.2, 0) is 0 Å². The molecule has 0 N–H and O–H groups in total. The van der Waals surface area contributed by atoms with Gasteiger partial charge in [-0.05, 0) is 77.4 Å². The average Bonchev–Trinajstić information content (AvgIpc) is 3.16. The van der Waals surface area contributed by atoms with Crippen molar-refractivity contribution >= 4 is 123 Å². The van der Waals surface area contributed by atoms with Crippen LogP contribution in [-0.4, -0.2) is 84.5 Å². The van der Waals surface area contributed by atoms with E-state index >= 15 is 0 Å². The average molecular weight is 807 g/mol. The number of nitrogens with zero attached hydrogens (tertiary/aromatic N) is 5. The van der Waals surface area contributed by atoms with E-state index in [9.17, 15) is 0 Å². The van der Waals surface area contributed by atoms with Crippen molar-refractivity contribution in [3.05, 3.63) is 113 Å². The molecule has 11 heteroatoms. The van der Waals surface area contributed by atoms with Crippen molar-refractivity contribution in [2.75, 3.05) is 89.2 Å². The first-order valence-electron chi connectivity index (χ1n) is 16.8. The standard InChI is InChI=1S/C40H43Cl6N5/c41-19-25-49(26-20-42)37-12-3-32(4-13-37)1-10-35-31-36(11-2-33-5-14-38(15-6-33)50(27-21-43)28-22-44)48-40(47-35)18-9-34-7-16-39(17-8-34)51(29-23-45)30-24-46/h1-18,31H,19-30H2/b10-1-,11-2+,18-9+. The number of alkyl halides is 6. The molecule has 3 aromatic carbocycles. The van der Waals surface area contributed by atoms with Gasteiger partial charge in [0, 0.05) is 91.6 Å². The van der Waals surface area contributed by atoms with Crippen molar-refractivity contribution in [2.45, 2.75) is 0 Å². The van der Waals surface area contributed by atoms with Crippen LogP contribution in [0.1, 0.15) is 33.9 Å². The normalized spacial score (nSPS) is 11.6. The molecular weight excluding hydrogens is 763 g/mol. The third kappa shape index (κ3) is 13.5.